The fraction of sp³-hybridized carbons (Fsp3) is 0.846. The molecular formula is C13H22O4. The zero-order chi connectivity index (χ0) is 12.9. The Kier molecular flexibility index (Phi) is 5.28. The minimum atomic E-state index is -1.14. The summed E-state index contributed by atoms with van der Waals surface area (Å²) in [7, 11) is 1.44. The lowest BCUT2D eigenvalue weighted by atomic mass is 9.89. The Labute approximate surface area is 102 Å². The van der Waals surface area contributed by atoms with Crippen LogP contribution < -0.4 is 0 Å². The molecule has 4 heteroatoms. The first kappa shape index (κ1) is 14.3. The van der Waals surface area contributed by atoms with Crippen molar-refractivity contribution >= 4 is 12.1 Å². The van der Waals surface area contributed by atoms with Crippen molar-refractivity contribution in [2.24, 2.45) is 5.92 Å². The van der Waals surface area contributed by atoms with Crippen molar-refractivity contribution in [1.82, 2.24) is 0 Å². The van der Waals surface area contributed by atoms with Gasteiger partial charge in [-0.1, -0.05) is 19.8 Å². The number of carbonyl (C=O) groups excluding carboxylic acids is 2. The van der Waals surface area contributed by atoms with Crippen molar-refractivity contribution in [3.63, 3.8) is 0 Å². The number of hydrogen-bond acceptors (Lipinski definition) is 4. The maximum Gasteiger partial charge on any atom is 0.167 e. The number of aliphatic hydroxyl groups excluding tert-OH is 1. The summed E-state index contributed by atoms with van der Waals surface area (Å²) in [5.74, 6) is -0.532. The lowest BCUT2D eigenvalue weighted by Gasteiger charge is -2.30. The van der Waals surface area contributed by atoms with Gasteiger partial charge in [-0.05, 0) is 19.3 Å². The van der Waals surface area contributed by atoms with E-state index in [1.54, 1.807) is 0 Å². The highest BCUT2D eigenvalue weighted by molar-refractivity contribution is 5.89. The highest BCUT2D eigenvalue weighted by atomic mass is 16.5. The summed E-state index contributed by atoms with van der Waals surface area (Å²) in [5, 5.41) is 10.0. The van der Waals surface area contributed by atoms with Crippen LogP contribution >= 0.6 is 0 Å². The van der Waals surface area contributed by atoms with Crippen LogP contribution in [-0.2, 0) is 14.3 Å². The van der Waals surface area contributed by atoms with Gasteiger partial charge in [0.1, 0.15) is 6.29 Å². The topological polar surface area (TPSA) is 63.6 Å². The molecule has 0 saturated heterocycles. The van der Waals surface area contributed by atoms with Crippen LogP contribution in [0, 0.1) is 5.92 Å². The second-order valence-corrected chi connectivity index (χ2v) is 4.76. The van der Waals surface area contributed by atoms with E-state index in [1.807, 2.05) is 0 Å². The molecule has 1 aliphatic rings. The van der Waals surface area contributed by atoms with E-state index in [1.165, 1.54) is 7.11 Å². The molecule has 0 aliphatic heterocycles. The second-order valence-electron chi connectivity index (χ2n) is 4.76. The predicted octanol–water partition coefficient (Wildman–Crippen LogP) is 1.49. The summed E-state index contributed by atoms with van der Waals surface area (Å²) in [6, 6.07) is 0. The van der Waals surface area contributed by atoms with E-state index in [0.717, 1.165) is 25.5 Å². The van der Waals surface area contributed by atoms with Gasteiger partial charge in [0, 0.05) is 19.4 Å². The molecule has 3 unspecified atom stereocenters. The number of aliphatic hydroxyl groups is 1. The quantitative estimate of drug-likeness (QED) is 0.542. The molecule has 0 amide bonds. The normalized spacial score (nSPS) is 32.6. The molecule has 1 fully saturated rings. The first-order valence-electron chi connectivity index (χ1n) is 6.34. The van der Waals surface area contributed by atoms with Crippen molar-refractivity contribution in [3.8, 4) is 0 Å². The van der Waals surface area contributed by atoms with Crippen LogP contribution in [-0.4, -0.2) is 36.0 Å². The van der Waals surface area contributed by atoms with Gasteiger partial charge >= 0.3 is 0 Å². The molecule has 0 radical (unpaired) electrons. The summed E-state index contributed by atoms with van der Waals surface area (Å²) in [5.41, 5.74) is -1.14. The number of ether oxygens (including phenoxy) is 1. The van der Waals surface area contributed by atoms with Gasteiger partial charge in [-0.3, -0.25) is 4.79 Å². The Bertz CT molecular complexity index is 277. The SMILES string of the molecule is CCCCCC(=O)C1(OC)CCC(C=O)C1O. The summed E-state index contributed by atoms with van der Waals surface area (Å²) in [6.45, 7) is 2.07. The number of hydrogen-bond donors (Lipinski definition) is 1. The number of rotatable bonds is 7. The molecule has 0 bridgehead atoms. The highest BCUT2D eigenvalue weighted by Gasteiger charge is 2.52. The van der Waals surface area contributed by atoms with Gasteiger partial charge in [0.2, 0.25) is 0 Å². The number of carbonyl (C=O) groups is 2. The molecule has 1 rings (SSSR count). The van der Waals surface area contributed by atoms with Gasteiger partial charge in [0.05, 0.1) is 6.10 Å². The Morgan fingerprint density at radius 2 is 2.24 bits per heavy atom. The Morgan fingerprint density at radius 3 is 2.71 bits per heavy atom. The van der Waals surface area contributed by atoms with Gasteiger partial charge in [-0.2, -0.15) is 0 Å². The molecular weight excluding hydrogens is 220 g/mol. The molecule has 1 N–H and O–H groups in total. The van der Waals surface area contributed by atoms with Crippen LogP contribution in [0.25, 0.3) is 0 Å². The van der Waals surface area contributed by atoms with Crippen molar-refractivity contribution in [2.75, 3.05) is 7.11 Å². The van der Waals surface area contributed by atoms with Crippen LogP contribution in [0.4, 0.5) is 0 Å². The van der Waals surface area contributed by atoms with Crippen molar-refractivity contribution in [2.45, 2.75) is 57.2 Å². The standard InChI is InChI=1S/C13H22O4/c1-3-4-5-6-11(15)13(17-2)8-7-10(9-14)12(13)16/h9-10,12,16H,3-8H2,1-2H3. The fourth-order valence-corrected chi connectivity index (χ4v) is 2.56. The summed E-state index contributed by atoms with van der Waals surface area (Å²) in [6.07, 6.45) is 4.00. The zero-order valence-corrected chi connectivity index (χ0v) is 10.6. The molecule has 1 aliphatic carbocycles. The molecule has 3 atom stereocenters. The van der Waals surface area contributed by atoms with E-state index in [2.05, 4.69) is 6.92 Å². The van der Waals surface area contributed by atoms with Gasteiger partial charge < -0.3 is 14.6 Å². The lowest BCUT2D eigenvalue weighted by molar-refractivity contribution is -0.155. The molecule has 4 nitrogen and oxygen atoms in total. The van der Waals surface area contributed by atoms with E-state index < -0.39 is 17.6 Å². The van der Waals surface area contributed by atoms with E-state index in [0.29, 0.717) is 19.3 Å². The van der Waals surface area contributed by atoms with Crippen LogP contribution in [0.1, 0.15) is 45.4 Å². The fourth-order valence-electron chi connectivity index (χ4n) is 2.56. The third kappa shape index (κ3) is 2.75. The van der Waals surface area contributed by atoms with Crippen molar-refractivity contribution in [3.05, 3.63) is 0 Å². The van der Waals surface area contributed by atoms with Gasteiger partial charge in [-0.15, -0.1) is 0 Å². The molecule has 0 heterocycles. The zero-order valence-electron chi connectivity index (χ0n) is 10.6. The van der Waals surface area contributed by atoms with E-state index in [9.17, 15) is 14.7 Å². The maximum atomic E-state index is 12.1. The number of aldehydes is 1. The lowest BCUT2D eigenvalue weighted by Crippen LogP contribution is -2.49. The van der Waals surface area contributed by atoms with Crippen LogP contribution in [0.15, 0.2) is 0 Å². The molecule has 0 aromatic carbocycles. The first-order valence-corrected chi connectivity index (χ1v) is 6.34. The van der Waals surface area contributed by atoms with Crippen LogP contribution in [0.5, 0.6) is 0 Å². The molecule has 17 heavy (non-hydrogen) atoms. The summed E-state index contributed by atoms with van der Waals surface area (Å²) < 4.78 is 5.28. The third-order valence-electron chi connectivity index (χ3n) is 3.75. The Balaban J connectivity index is 2.68. The minimum absolute atomic E-state index is 0.0645. The van der Waals surface area contributed by atoms with E-state index >= 15 is 0 Å². The first-order chi connectivity index (χ1) is 8.12. The van der Waals surface area contributed by atoms with Crippen LogP contribution in [0.2, 0.25) is 0 Å². The van der Waals surface area contributed by atoms with Gasteiger partial charge in [0.25, 0.3) is 0 Å². The van der Waals surface area contributed by atoms with Crippen molar-refractivity contribution in [1.29, 1.82) is 0 Å². The number of Topliss-reactive ketones (excluding diaryl/α,β-unsaturated/α-hetero) is 1. The largest absolute Gasteiger partial charge is 0.389 e. The number of unbranched alkanes of at least 4 members (excludes halogenated alkanes) is 2. The maximum absolute atomic E-state index is 12.1. The monoisotopic (exact) mass is 242 g/mol. The average Bonchev–Trinajstić information content (AvgIpc) is 2.67. The molecule has 98 valence electrons. The number of methoxy groups -OCH3 is 1. The second kappa shape index (κ2) is 6.26. The third-order valence-corrected chi connectivity index (χ3v) is 3.75. The highest BCUT2D eigenvalue weighted by Crippen LogP contribution is 2.38. The minimum Gasteiger partial charge on any atom is -0.389 e. The average molecular weight is 242 g/mol. The molecule has 1 saturated carbocycles. The van der Waals surface area contributed by atoms with E-state index in [4.69, 9.17) is 4.74 Å². The molecule has 0 aromatic rings. The van der Waals surface area contributed by atoms with E-state index in [-0.39, 0.29) is 5.78 Å². The molecule has 0 spiro atoms. The summed E-state index contributed by atoms with van der Waals surface area (Å²) >= 11 is 0. The van der Waals surface area contributed by atoms with Gasteiger partial charge in [0.15, 0.2) is 11.4 Å². The summed E-state index contributed by atoms with van der Waals surface area (Å²) in [4.78, 5) is 22.9. The van der Waals surface area contributed by atoms with Crippen molar-refractivity contribution < 1.29 is 19.4 Å². The predicted molar refractivity (Wildman–Crippen MR) is 63.7 cm³/mol. The smallest absolute Gasteiger partial charge is 0.167 e. The molecule has 0 aromatic heterocycles. The number of ketones is 1. The Hall–Kier alpha value is -0.740. The van der Waals surface area contributed by atoms with Gasteiger partial charge in [-0.25, -0.2) is 0 Å². The van der Waals surface area contributed by atoms with Crippen LogP contribution in [0.3, 0.4) is 0 Å². The Morgan fingerprint density at radius 1 is 1.53 bits per heavy atom.